The third-order valence-electron chi connectivity index (χ3n) is 4.29. The Morgan fingerprint density at radius 2 is 2.09 bits per heavy atom. The van der Waals surface area contributed by atoms with Crippen LogP contribution >= 0.6 is 12.4 Å². The van der Waals surface area contributed by atoms with Crippen LogP contribution in [0.5, 0.6) is 5.75 Å². The molecule has 23 heavy (non-hydrogen) atoms. The van der Waals surface area contributed by atoms with Crippen LogP contribution in [-0.2, 0) is 0 Å². The van der Waals surface area contributed by atoms with E-state index in [2.05, 4.69) is 16.8 Å². The Bertz CT molecular complexity index is 478. The fraction of sp³-hybridized carbons (Fsp3) is 0.556. The van der Waals surface area contributed by atoms with Gasteiger partial charge in [-0.15, -0.1) is 19.0 Å². The van der Waals surface area contributed by atoms with E-state index >= 15 is 0 Å². The molecule has 1 fully saturated rings. The number of benzene rings is 1. The van der Waals surface area contributed by atoms with E-state index in [1.54, 1.807) is 7.11 Å². The van der Waals surface area contributed by atoms with Crippen molar-refractivity contribution < 1.29 is 9.13 Å². The SMILES string of the molecule is C=CCCCC[C@@H](c1ccc(OC)cc1F)N1CCNCC1.Cl. The zero-order chi connectivity index (χ0) is 15.8. The molecule has 3 nitrogen and oxygen atoms in total. The maximum absolute atomic E-state index is 14.5. The second kappa shape index (κ2) is 10.6. The molecule has 1 aliphatic rings. The van der Waals surface area contributed by atoms with E-state index in [1.165, 1.54) is 6.07 Å². The molecule has 0 amide bonds. The molecule has 5 heteroatoms. The summed E-state index contributed by atoms with van der Waals surface area (Å²) in [6, 6.07) is 5.39. The smallest absolute Gasteiger partial charge is 0.131 e. The number of halogens is 2. The minimum atomic E-state index is -0.161. The van der Waals surface area contributed by atoms with Crippen LogP contribution in [0.4, 0.5) is 4.39 Å². The molecule has 1 aromatic rings. The van der Waals surface area contributed by atoms with Crippen LogP contribution in [0.2, 0.25) is 0 Å². The van der Waals surface area contributed by atoms with Gasteiger partial charge in [0.1, 0.15) is 11.6 Å². The molecule has 0 unspecified atom stereocenters. The lowest BCUT2D eigenvalue weighted by Crippen LogP contribution is -2.45. The number of methoxy groups -OCH3 is 1. The largest absolute Gasteiger partial charge is 0.497 e. The summed E-state index contributed by atoms with van der Waals surface area (Å²) in [5, 5.41) is 3.36. The minimum absolute atomic E-state index is 0. The number of nitrogens with zero attached hydrogens (tertiary/aromatic N) is 1. The Labute approximate surface area is 145 Å². The van der Waals surface area contributed by atoms with E-state index in [-0.39, 0.29) is 24.3 Å². The van der Waals surface area contributed by atoms with Gasteiger partial charge in [0.2, 0.25) is 0 Å². The summed E-state index contributed by atoms with van der Waals surface area (Å²) < 4.78 is 19.6. The number of ether oxygens (including phenoxy) is 1. The van der Waals surface area contributed by atoms with Gasteiger partial charge in [0, 0.05) is 43.9 Å². The van der Waals surface area contributed by atoms with Crippen molar-refractivity contribution in [1.29, 1.82) is 0 Å². The Hall–Kier alpha value is -1.10. The van der Waals surface area contributed by atoms with Gasteiger partial charge in [0.15, 0.2) is 0 Å². The fourth-order valence-electron chi connectivity index (χ4n) is 3.06. The Morgan fingerprint density at radius 3 is 2.70 bits per heavy atom. The first-order chi connectivity index (χ1) is 10.8. The lowest BCUT2D eigenvalue weighted by Gasteiger charge is -2.35. The Balaban J connectivity index is 0.00000264. The van der Waals surface area contributed by atoms with Crippen molar-refractivity contribution in [1.82, 2.24) is 10.2 Å². The summed E-state index contributed by atoms with van der Waals surface area (Å²) in [4.78, 5) is 2.40. The van der Waals surface area contributed by atoms with Crippen molar-refractivity contribution in [2.45, 2.75) is 31.7 Å². The van der Waals surface area contributed by atoms with Crippen LogP contribution in [0, 0.1) is 5.82 Å². The lowest BCUT2D eigenvalue weighted by atomic mass is 9.97. The second-order valence-electron chi connectivity index (χ2n) is 5.76. The first kappa shape index (κ1) is 19.9. The van der Waals surface area contributed by atoms with Crippen molar-refractivity contribution in [2.24, 2.45) is 0 Å². The van der Waals surface area contributed by atoms with E-state index in [0.29, 0.717) is 5.75 Å². The van der Waals surface area contributed by atoms with E-state index < -0.39 is 0 Å². The lowest BCUT2D eigenvalue weighted by molar-refractivity contribution is 0.159. The molecule has 0 radical (unpaired) electrons. The van der Waals surface area contributed by atoms with Crippen LogP contribution in [0.25, 0.3) is 0 Å². The number of rotatable bonds is 8. The van der Waals surface area contributed by atoms with Gasteiger partial charge in [-0.25, -0.2) is 4.39 Å². The topological polar surface area (TPSA) is 24.5 Å². The van der Waals surface area contributed by atoms with Gasteiger partial charge < -0.3 is 10.1 Å². The van der Waals surface area contributed by atoms with Gasteiger partial charge in [-0.3, -0.25) is 4.90 Å². The predicted molar refractivity (Wildman–Crippen MR) is 96.0 cm³/mol. The molecule has 1 aliphatic heterocycles. The summed E-state index contributed by atoms with van der Waals surface area (Å²) in [5.74, 6) is 0.415. The molecule has 0 spiro atoms. The summed E-state index contributed by atoms with van der Waals surface area (Å²) in [5.41, 5.74) is 0.793. The summed E-state index contributed by atoms with van der Waals surface area (Å²) in [6.45, 7) is 7.65. The molecule has 1 saturated heterocycles. The van der Waals surface area contributed by atoms with Crippen molar-refractivity contribution in [3.05, 3.63) is 42.2 Å². The molecule has 1 heterocycles. The van der Waals surface area contributed by atoms with Crippen LogP contribution in [-0.4, -0.2) is 38.2 Å². The highest BCUT2D eigenvalue weighted by Gasteiger charge is 2.24. The Morgan fingerprint density at radius 1 is 1.35 bits per heavy atom. The van der Waals surface area contributed by atoms with Gasteiger partial charge in [0.25, 0.3) is 0 Å². The van der Waals surface area contributed by atoms with Crippen molar-refractivity contribution >= 4 is 12.4 Å². The maximum atomic E-state index is 14.5. The van der Waals surface area contributed by atoms with Gasteiger partial charge in [0.05, 0.1) is 7.11 Å². The molecule has 0 saturated carbocycles. The highest BCUT2D eigenvalue weighted by Crippen LogP contribution is 2.30. The molecule has 1 aromatic carbocycles. The molecule has 1 atom stereocenters. The molecular formula is C18H28ClFN2O. The zero-order valence-electron chi connectivity index (χ0n) is 13.9. The number of piperazine rings is 1. The van der Waals surface area contributed by atoms with Crippen LogP contribution in [0.3, 0.4) is 0 Å². The number of allylic oxidation sites excluding steroid dienone is 1. The molecule has 0 bridgehead atoms. The van der Waals surface area contributed by atoms with E-state index in [9.17, 15) is 4.39 Å². The van der Waals surface area contributed by atoms with Crippen LogP contribution < -0.4 is 10.1 Å². The van der Waals surface area contributed by atoms with Crippen molar-refractivity contribution in [2.75, 3.05) is 33.3 Å². The van der Waals surface area contributed by atoms with E-state index in [4.69, 9.17) is 4.74 Å². The molecule has 1 N–H and O–H groups in total. The first-order valence-corrected chi connectivity index (χ1v) is 8.15. The quantitative estimate of drug-likeness (QED) is 0.572. The summed E-state index contributed by atoms with van der Waals surface area (Å²) in [7, 11) is 1.57. The highest BCUT2D eigenvalue weighted by molar-refractivity contribution is 5.85. The minimum Gasteiger partial charge on any atom is -0.497 e. The first-order valence-electron chi connectivity index (χ1n) is 8.15. The van der Waals surface area contributed by atoms with Crippen molar-refractivity contribution in [3.63, 3.8) is 0 Å². The highest BCUT2D eigenvalue weighted by atomic mass is 35.5. The van der Waals surface area contributed by atoms with E-state index in [1.807, 2.05) is 18.2 Å². The van der Waals surface area contributed by atoms with E-state index in [0.717, 1.165) is 57.4 Å². The monoisotopic (exact) mass is 342 g/mol. The molecule has 0 aliphatic carbocycles. The predicted octanol–water partition coefficient (Wildman–Crippen LogP) is 3.95. The average Bonchev–Trinajstić information content (AvgIpc) is 2.56. The maximum Gasteiger partial charge on any atom is 0.131 e. The Kier molecular flexibility index (Phi) is 9.22. The van der Waals surface area contributed by atoms with Crippen LogP contribution in [0.15, 0.2) is 30.9 Å². The standard InChI is InChI=1S/C18H27FN2O.ClH/c1-3-4-5-6-7-18(21-12-10-20-11-13-21)16-9-8-15(22-2)14-17(16)19;/h3,8-9,14,18,20H,1,4-7,10-13H2,2H3;1H/t18-;/m0./s1. The van der Waals surface area contributed by atoms with Gasteiger partial charge in [-0.1, -0.05) is 18.6 Å². The molecule has 130 valence electrons. The number of hydrogen-bond acceptors (Lipinski definition) is 3. The normalized spacial score (nSPS) is 16.4. The summed E-state index contributed by atoms with van der Waals surface area (Å²) >= 11 is 0. The molecule has 2 rings (SSSR count). The zero-order valence-corrected chi connectivity index (χ0v) is 14.7. The second-order valence-corrected chi connectivity index (χ2v) is 5.76. The molecular weight excluding hydrogens is 315 g/mol. The number of nitrogens with one attached hydrogen (secondary N) is 1. The fourth-order valence-corrected chi connectivity index (χ4v) is 3.06. The van der Waals surface area contributed by atoms with Gasteiger partial charge in [-0.2, -0.15) is 0 Å². The van der Waals surface area contributed by atoms with Crippen molar-refractivity contribution in [3.8, 4) is 5.75 Å². The third kappa shape index (κ3) is 5.79. The van der Waals surface area contributed by atoms with Gasteiger partial charge >= 0.3 is 0 Å². The van der Waals surface area contributed by atoms with Gasteiger partial charge in [-0.05, 0) is 25.3 Å². The number of unbranched alkanes of at least 4 members (excludes halogenated alkanes) is 2. The summed E-state index contributed by atoms with van der Waals surface area (Å²) in [6.07, 6.45) is 6.17. The average molecular weight is 343 g/mol. The molecule has 0 aromatic heterocycles. The van der Waals surface area contributed by atoms with Crippen LogP contribution in [0.1, 0.15) is 37.3 Å². The third-order valence-corrected chi connectivity index (χ3v) is 4.29. The number of hydrogen-bond donors (Lipinski definition) is 1.